The molecule has 0 radical (unpaired) electrons. The molecule has 1 aliphatic rings. The van der Waals surface area contributed by atoms with E-state index >= 15 is 0 Å². The first-order valence-electron chi connectivity index (χ1n) is 8.44. The molecule has 0 bridgehead atoms. The summed E-state index contributed by atoms with van der Waals surface area (Å²) in [5.41, 5.74) is 0.961. The first-order chi connectivity index (χ1) is 11.8. The Bertz CT molecular complexity index is 834. The minimum absolute atomic E-state index is 0.0185. The Morgan fingerprint density at radius 2 is 2.08 bits per heavy atom. The molecule has 25 heavy (non-hydrogen) atoms. The molecule has 5 nitrogen and oxygen atoms in total. The van der Waals surface area contributed by atoms with Crippen molar-refractivity contribution in [3.8, 4) is 11.3 Å². The Hall–Kier alpha value is -1.18. The van der Waals surface area contributed by atoms with E-state index < -0.39 is 9.84 Å². The molecule has 7 heteroatoms. The van der Waals surface area contributed by atoms with Crippen molar-refractivity contribution < 1.29 is 12.8 Å². The molecule has 2 atom stereocenters. The highest BCUT2D eigenvalue weighted by molar-refractivity contribution is 9.10. The molecule has 0 aliphatic heterocycles. The van der Waals surface area contributed by atoms with E-state index in [2.05, 4.69) is 25.8 Å². The van der Waals surface area contributed by atoms with Gasteiger partial charge in [-0.2, -0.15) is 0 Å². The highest BCUT2D eigenvalue weighted by Gasteiger charge is 2.35. The van der Waals surface area contributed by atoms with Crippen molar-refractivity contribution in [3.63, 3.8) is 0 Å². The van der Waals surface area contributed by atoms with Crippen LogP contribution in [-0.2, 0) is 16.4 Å². The van der Waals surface area contributed by atoms with Crippen LogP contribution in [0.5, 0.6) is 0 Å². The van der Waals surface area contributed by atoms with E-state index in [0.29, 0.717) is 18.2 Å². The molecule has 1 aromatic carbocycles. The van der Waals surface area contributed by atoms with Crippen LogP contribution >= 0.6 is 15.9 Å². The van der Waals surface area contributed by atoms with Crippen molar-refractivity contribution in [2.45, 2.75) is 43.5 Å². The Balaban J connectivity index is 1.74. The maximum atomic E-state index is 12.1. The van der Waals surface area contributed by atoms with Crippen LogP contribution in [0.25, 0.3) is 11.3 Å². The predicted octanol–water partition coefficient (Wildman–Crippen LogP) is 3.89. The molecule has 1 fully saturated rings. The van der Waals surface area contributed by atoms with Gasteiger partial charge in [0.05, 0.1) is 18.0 Å². The monoisotopic (exact) mass is 426 g/mol. The van der Waals surface area contributed by atoms with Gasteiger partial charge >= 0.3 is 0 Å². The Kier molecular flexibility index (Phi) is 5.65. The summed E-state index contributed by atoms with van der Waals surface area (Å²) in [5.74, 6) is 1.32. The molecule has 0 unspecified atom stereocenters. The van der Waals surface area contributed by atoms with E-state index in [1.165, 1.54) is 6.26 Å². The number of oxazole rings is 1. The summed E-state index contributed by atoms with van der Waals surface area (Å²) in [6.07, 6.45) is 6.75. The lowest BCUT2D eigenvalue weighted by Gasteiger charge is -2.36. The zero-order chi connectivity index (χ0) is 18.0. The molecule has 2 aromatic rings. The standard InChI is InChI=1S/C18H23BrN2O3S/c1-21(15-8-3-4-9-17(15)25(2,22)23)12-18-20-11-16(24-18)13-6-5-7-14(19)10-13/h5-7,10-11,15,17H,3-4,8-9,12H2,1-2H3/t15-,17-/m0/s1. The van der Waals surface area contributed by atoms with E-state index in [1.54, 1.807) is 6.20 Å². The molecular formula is C18H23BrN2O3S. The first kappa shape index (κ1) is 18.6. The van der Waals surface area contributed by atoms with Crippen molar-refractivity contribution in [2.24, 2.45) is 0 Å². The average molecular weight is 427 g/mol. The van der Waals surface area contributed by atoms with Crippen LogP contribution in [0.15, 0.2) is 39.4 Å². The lowest BCUT2D eigenvalue weighted by atomic mass is 9.94. The molecule has 1 heterocycles. The summed E-state index contributed by atoms with van der Waals surface area (Å²) in [4.78, 5) is 6.44. The Labute approximate surface area is 157 Å². The number of benzene rings is 1. The fourth-order valence-electron chi connectivity index (χ4n) is 3.57. The van der Waals surface area contributed by atoms with Gasteiger partial charge in [-0.15, -0.1) is 0 Å². The Morgan fingerprint density at radius 1 is 1.32 bits per heavy atom. The molecule has 1 aromatic heterocycles. The van der Waals surface area contributed by atoms with E-state index in [4.69, 9.17) is 4.42 Å². The van der Waals surface area contributed by atoms with E-state index in [1.807, 2.05) is 31.3 Å². The smallest absolute Gasteiger partial charge is 0.209 e. The van der Waals surface area contributed by atoms with Crippen LogP contribution in [0, 0.1) is 0 Å². The molecule has 0 saturated heterocycles. The van der Waals surface area contributed by atoms with Crippen molar-refractivity contribution in [1.29, 1.82) is 0 Å². The maximum Gasteiger partial charge on any atom is 0.209 e. The van der Waals surface area contributed by atoms with Crippen LogP contribution in [0.4, 0.5) is 0 Å². The molecule has 136 valence electrons. The van der Waals surface area contributed by atoms with Gasteiger partial charge in [0.1, 0.15) is 0 Å². The maximum absolute atomic E-state index is 12.1. The third-order valence-corrected chi connectivity index (χ3v) is 6.97. The predicted molar refractivity (Wildman–Crippen MR) is 102 cm³/mol. The summed E-state index contributed by atoms with van der Waals surface area (Å²) in [7, 11) is -1.10. The number of hydrogen-bond acceptors (Lipinski definition) is 5. The molecule has 0 spiro atoms. The zero-order valence-corrected chi connectivity index (χ0v) is 16.9. The quantitative estimate of drug-likeness (QED) is 0.725. The molecular weight excluding hydrogens is 404 g/mol. The summed E-state index contributed by atoms with van der Waals surface area (Å²) < 4.78 is 31.1. The van der Waals surface area contributed by atoms with Crippen molar-refractivity contribution in [3.05, 3.63) is 40.8 Å². The van der Waals surface area contributed by atoms with Crippen LogP contribution in [0.3, 0.4) is 0 Å². The third kappa shape index (κ3) is 4.51. The Morgan fingerprint density at radius 3 is 2.80 bits per heavy atom. The second-order valence-electron chi connectivity index (χ2n) is 6.76. The lowest BCUT2D eigenvalue weighted by Crippen LogP contribution is -2.46. The van der Waals surface area contributed by atoms with Gasteiger partial charge in [0.2, 0.25) is 5.89 Å². The summed E-state index contributed by atoms with van der Waals surface area (Å²) in [5, 5.41) is -0.300. The summed E-state index contributed by atoms with van der Waals surface area (Å²) >= 11 is 3.46. The van der Waals surface area contributed by atoms with E-state index in [0.717, 1.165) is 35.7 Å². The van der Waals surface area contributed by atoms with Crippen molar-refractivity contribution in [1.82, 2.24) is 9.88 Å². The number of nitrogens with zero attached hydrogens (tertiary/aromatic N) is 2. The van der Waals surface area contributed by atoms with Crippen LogP contribution in [0.2, 0.25) is 0 Å². The summed E-state index contributed by atoms with van der Waals surface area (Å²) in [6, 6.07) is 7.88. The molecule has 1 aliphatic carbocycles. The van der Waals surface area contributed by atoms with Gasteiger partial charge < -0.3 is 4.42 Å². The van der Waals surface area contributed by atoms with Gasteiger partial charge in [-0.3, -0.25) is 4.90 Å². The van der Waals surface area contributed by atoms with Crippen LogP contribution in [-0.4, -0.2) is 42.9 Å². The van der Waals surface area contributed by atoms with Crippen molar-refractivity contribution >= 4 is 25.8 Å². The normalized spacial score (nSPS) is 21.6. The fraction of sp³-hybridized carbons (Fsp3) is 0.500. The van der Waals surface area contributed by atoms with Gasteiger partial charge in [0, 0.05) is 22.3 Å². The fourth-order valence-corrected chi connectivity index (χ4v) is 5.48. The van der Waals surface area contributed by atoms with Crippen LogP contribution in [0.1, 0.15) is 31.6 Å². The van der Waals surface area contributed by atoms with E-state index in [9.17, 15) is 8.42 Å². The zero-order valence-electron chi connectivity index (χ0n) is 14.5. The number of halogens is 1. The highest BCUT2D eigenvalue weighted by atomic mass is 79.9. The summed E-state index contributed by atoms with van der Waals surface area (Å²) in [6.45, 7) is 0.505. The molecule has 1 saturated carbocycles. The number of hydrogen-bond donors (Lipinski definition) is 0. The lowest BCUT2D eigenvalue weighted by molar-refractivity contribution is 0.173. The number of aromatic nitrogens is 1. The second-order valence-corrected chi connectivity index (χ2v) is 9.94. The molecule has 0 amide bonds. The molecule has 0 N–H and O–H groups in total. The minimum Gasteiger partial charge on any atom is -0.439 e. The number of sulfone groups is 1. The third-order valence-electron chi connectivity index (χ3n) is 4.83. The average Bonchev–Trinajstić information content (AvgIpc) is 3.02. The minimum atomic E-state index is -3.05. The second kappa shape index (κ2) is 7.60. The highest BCUT2D eigenvalue weighted by Crippen LogP contribution is 2.29. The first-order valence-corrected chi connectivity index (χ1v) is 11.2. The van der Waals surface area contributed by atoms with Gasteiger partial charge in [-0.25, -0.2) is 13.4 Å². The van der Waals surface area contributed by atoms with Gasteiger partial charge in [0.25, 0.3) is 0 Å². The SMILES string of the molecule is CN(Cc1ncc(-c2cccc(Br)c2)o1)[C@H]1CCCC[C@@H]1S(C)(=O)=O. The van der Waals surface area contributed by atoms with Gasteiger partial charge in [-0.05, 0) is 32.0 Å². The van der Waals surface area contributed by atoms with Gasteiger partial charge in [-0.1, -0.05) is 40.9 Å². The topological polar surface area (TPSA) is 63.4 Å². The molecule has 3 rings (SSSR count). The largest absolute Gasteiger partial charge is 0.439 e. The van der Waals surface area contributed by atoms with Gasteiger partial charge in [0.15, 0.2) is 15.6 Å². The number of rotatable bonds is 5. The van der Waals surface area contributed by atoms with Crippen LogP contribution < -0.4 is 0 Å². The van der Waals surface area contributed by atoms with Crippen molar-refractivity contribution in [2.75, 3.05) is 13.3 Å². The van der Waals surface area contributed by atoms with E-state index in [-0.39, 0.29) is 11.3 Å².